The van der Waals surface area contributed by atoms with E-state index in [-0.39, 0.29) is 0 Å². The van der Waals surface area contributed by atoms with Gasteiger partial charge < -0.3 is 9.47 Å². The molecule has 4 nitrogen and oxygen atoms in total. The van der Waals surface area contributed by atoms with Gasteiger partial charge in [-0.2, -0.15) is 4.98 Å². The first kappa shape index (κ1) is 11.7. The van der Waals surface area contributed by atoms with Crippen LogP contribution in [0, 0.1) is 0 Å². The number of ether oxygens (including phenoxy) is 2. The zero-order valence-corrected chi connectivity index (χ0v) is 10.4. The molecule has 1 heterocycles. The highest BCUT2D eigenvalue weighted by Crippen LogP contribution is 2.37. The van der Waals surface area contributed by atoms with Gasteiger partial charge in [-0.05, 0) is 12.1 Å². The fourth-order valence-electron chi connectivity index (χ4n) is 1.34. The van der Waals surface area contributed by atoms with Crippen LogP contribution in [0.2, 0.25) is 0 Å². The summed E-state index contributed by atoms with van der Waals surface area (Å²) in [6, 6.07) is 9.96. The number of hydrogen-bond donors (Lipinski definition) is 0. The van der Waals surface area contributed by atoms with Crippen LogP contribution in [0.25, 0.3) is 0 Å². The van der Waals surface area contributed by atoms with Gasteiger partial charge in [0.15, 0.2) is 5.03 Å². The van der Waals surface area contributed by atoms with Crippen LogP contribution >= 0.6 is 11.8 Å². The summed E-state index contributed by atoms with van der Waals surface area (Å²) in [6.07, 6.45) is 1.46. The average molecular weight is 248 g/mol. The normalized spacial score (nSPS) is 10.0. The van der Waals surface area contributed by atoms with Crippen molar-refractivity contribution in [1.82, 2.24) is 9.97 Å². The van der Waals surface area contributed by atoms with Crippen LogP contribution in [0.5, 0.6) is 11.6 Å². The summed E-state index contributed by atoms with van der Waals surface area (Å²) in [7, 11) is 3.14. The molecule has 1 aromatic carbocycles. The van der Waals surface area contributed by atoms with Crippen LogP contribution in [-0.2, 0) is 0 Å². The molecule has 0 aliphatic rings. The molecule has 0 N–H and O–H groups in total. The molecule has 0 bridgehead atoms. The van der Waals surface area contributed by atoms with Gasteiger partial charge in [0.05, 0.1) is 14.2 Å². The topological polar surface area (TPSA) is 44.2 Å². The van der Waals surface area contributed by atoms with Crippen molar-refractivity contribution in [1.29, 1.82) is 0 Å². The van der Waals surface area contributed by atoms with Crippen molar-refractivity contribution in [2.75, 3.05) is 14.2 Å². The van der Waals surface area contributed by atoms with Crippen LogP contribution in [0.4, 0.5) is 0 Å². The Morgan fingerprint density at radius 3 is 2.41 bits per heavy atom. The van der Waals surface area contributed by atoms with Crippen LogP contribution in [-0.4, -0.2) is 24.2 Å². The van der Waals surface area contributed by atoms with Crippen molar-refractivity contribution in [3.05, 3.63) is 36.7 Å². The maximum Gasteiger partial charge on any atom is 0.261 e. The van der Waals surface area contributed by atoms with Gasteiger partial charge in [0.2, 0.25) is 5.75 Å². The van der Waals surface area contributed by atoms with E-state index >= 15 is 0 Å². The predicted octanol–water partition coefficient (Wildman–Crippen LogP) is 2.65. The number of hydrogen-bond acceptors (Lipinski definition) is 5. The fourth-order valence-corrected chi connectivity index (χ4v) is 2.22. The fraction of sp³-hybridized carbons (Fsp3) is 0.167. The summed E-state index contributed by atoms with van der Waals surface area (Å²) < 4.78 is 10.4. The van der Waals surface area contributed by atoms with Crippen molar-refractivity contribution in [2.24, 2.45) is 0 Å². The van der Waals surface area contributed by atoms with Gasteiger partial charge in [-0.1, -0.05) is 30.0 Å². The van der Waals surface area contributed by atoms with Crippen molar-refractivity contribution in [3.8, 4) is 11.6 Å². The molecule has 17 heavy (non-hydrogen) atoms. The van der Waals surface area contributed by atoms with Crippen LogP contribution in [0.3, 0.4) is 0 Å². The Morgan fingerprint density at radius 1 is 1.00 bits per heavy atom. The minimum atomic E-state index is 0.445. The Hall–Kier alpha value is -1.75. The summed E-state index contributed by atoms with van der Waals surface area (Å²) >= 11 is 1.51. The maximum absolute atomic E-state index is 5.27. The zero-order valence-electron chi connectivity index (χ0n) is 9.58. The summed E-state index contributed by atoms with van der Waals surface area (Å²) in [5.74, 6) is 1.00. The van der Waals surface area contributed by atoms with Crippen molar-refractivity contribution in [3.63, 3.8) is 0 Å². The summed E-state index contributed by atoms with van der Waals surface area (Å²) in [5.41, 5.74) is 0. The Morgan fingerprint density at radius 2 is 1.76 bits per heavy atom. The highest BCUT2D eigenvalue weighted by atomic mass is 32.2. The first-order valence-corrected chi connectivity index (χ1v) is 5.82. The van der Waals surface area contributed by atoms with Crippen LogP contribution in [0.15, 0.2) is 46.6 Å². The highest BCUT2D eigenvalue weighted by molar-refractivity contribution is 7.99. The van der Waals surface area contributed by atoms with Crippen molar-refractivity contribution in [2.45, 2.75) is 9.92 Å². The maximum atomic E-state index is 5.27. The van der Waals surface area contributed by atoms with Gasteiger partial charge in [0, 0.05) is 4.90 Å². The molecule has 5 heteroatoms. The molecule has 0 spiro atoms. The SMILES string of the molecule is COc1ncnc(Sc2ccccc2)c1OC. The number of rotatable bonds is 4. The Kier molecular flexibility index (Phi) is 3.82. The number of methoxy groups -OCH3 is 2. The predicted molar refractivity (Wildman–Crippen MR) is 65.7 cm³/mol. The molecule has 0 atom stereocenters. The van der Waals surface area contributed by atoms with E-state index in [1.54, 1.807) is 14.2 Å². The molecule has 0 aliphatic heterocycles. The summed E-state index contributed by atoms with van der Waals surface area (Å²) in [4.78, 5) is 9.29. The van der Waals surface area contributed by atoms with E-state index in [2.05, 4.69) is 9.97 Å². The van der Waals surface area contributed by atoms with E-state index in [1.807, 2.05) is 30.3 Å². The minimum Gasteiger partial charge on any atom is -0.489 e. The smallest absolute Gasteiger partial charge is 0.261 e. The average Bonchev–Trinajstić information content (AvgIpc) is 2.39. The zero-order chi connectivity index (χ0) is 12.1. The van der Waals surface area contributed by atoms with Gasteiger partial charge in [0.1, 0.15) is 6.33 Å². The van der Waals surface area contributed by atoms with Gasteiger partial charge in [-0.3, -0.25) is 0 Å². The lowest BCUT2D eigenvalue weighted by Gasteiger charge is -2.09. The molecule has 0 saturated heterocycles. The lowest BCUT2D eigenvalue weighted by Crippen LogP contribution is -1.97. The van der Waals surface area contributed by atoms with Crippen molar-refractivity contribution >= 4 is 11.8 Å². The first-order valence-electron chi connectivity index (χ1n) is 5.01. The number of aromatic nitrogens is 2. The first-order chi connectivity index (χ1) is 8.35. The van der Waals surface area contributed by atoms with Gasteiger partial charge >= 0.3 is 0 Å². The van der Waals surface area contributed by atoms with Crippen LogP contribution in [0.1, 0.15) is 0 Å². The molecule has 0 radical (unpaired) electrons. The lowest BCUT2D eigenvalue weighted by atomic mass is 10.4. The van der Waals surface area contributed by atoms with E-state index in [0.717, 1.165) is 9.92 Å². The van der Waals surface area contributed by atoms with Crippen molar-refractivity contribution < 1.29 is 9.47 Å². The van der Waals surface area contributed by atoms with E-state index in [1.165, 1.54) is 18.1 Å². The standard InChI is InChI=1S/C12H12N2O2S/c1-15-10-11(16-2)13-8-14-12(10)17-9-6-4-3-5-7-9/h3-8H,1-2H3. The van der Waals surface area contributed by atoms with E-state index in [9.17, 15) is 0 Å². The van der Waals surface area contributed by atoms with E-state index in [4.69, 9.17) is 9.47 Å². The van der Waals surface area contributed by atoms with Gasteiger partial charge in [0.25, 0.3) is 5.88 Å². The second-order valence-electron chi connectivity index (χ2n) is 3.14. The number of benzene rings is 1. The molecule has 0 fully saturated rings. The lowest BCUT2D eigenvalue weighted by molar-refractivity contribution is 0.332. The molecular formula is C12H12N2O2S. The van der Waals surface area contributed by atoms with Crippen LogP contribution < -0.4 is 9.47 Å². The molecule has 0 unspecified atom stereocenters. The second kappa shape index (κ2) is 5.54. The van der Waals surface area contributed by atoms with Gasteiger partial charge in [-0.15, -0.1) is 0 Å². The molecule has 0 amide bonds. The third kappa shape index (κ3) is 2.68. The quantitative estimate of drug-likeness (QED) is 0.778. The molecule has 1 aromatic heterocycles. The Labute approximate surface area is 104 Å². The second-order valence-corrected chi connectivity index (χ2v) is 4.20. The number of nitrogens with zero attached hydrogens (tertiary/aromatic N) is 2. The van der Waals surface area contributed by atoms with E-state index in [0.29, 0.717) is 11.6 Å². The monoisotopic (exact) mass is 248 g/mol. The summed E-state index contributed by atoms with van der Waals surface area (Å²) in [5, 5.41) is 0.741. The molecule has 2 aromatic rings. The van der Waals surface area contributed by atoms with E-state index < -0.39 is 0 Å². The minimum absolute atomic E-state index is 0.445. The third-order valence-corrected chi connectivity index (χ3v) is 3.09. The third-order valence-electron chi connectivity index (χ3n) is 2.09. The molecule has 0 saturated carbocycles. The largest absolute Gasteiger partial charge is 0.489 e. The Balaban J connectivity index is 2.33. The molecule has 88 valence electrons. The van der Waals surface area contributed by atoms with Gasteiger partial charge in [-0.25, -0.2) is 4.98 Å². The Bertz CT molecular complexity index is 491. The molecule has 2 rings (SSSR count). The molecule has 0 aliphatic carbocycles. The molecular weight excluding hydrogens is 236 g/mol. The highest BCUT2D eigenvalue weighted by Gasteiger charge is 2.13. The summed E-state index contributed by atoms with van der Waals surface area (Å²) in [6.45, 7) is 0.